The molecule has 5 heteroatoms. The molecule has 0 bridgehead atoms. The van der Waals surface area contributed by atoms with Gasteiger partial charge in [-0.3, -0.25) is 14.5 Å². The Morgan fingerprint density at radius 3 is 2.48 bits per heavy atom. The minimum absolute atomic E-state index is 0.0546. The van der Waals surface area contributed by atoms with Crippen LogP contribution >= 0.6 is 0 Å². The Kier molecular flexibility index (Phi) is 5.17. The number of amides is 1. The summed E-state index contributed by atoms with van der Waals surface area (Å²) < 4.78 is 0. The fourth-order valence-electron chi connectivity index (χ4n) is 3.76. The van der Waals surface area contributed by atoms with Crippen molar-refractivity contribution in [3.8, 4) is 0 Å². The fourth-order valence-corrected chi connectivity index (χ4v) is 3.76. The topological polar surface area (TPSA) is 60.9 Å². The molecule has 3 atom stereocenters. The Morgan fingerprint density at radius 1 is 1.24 bits per heavy atom. The first kappa shape index (κ1) is 15.8. The first-order valence-corrected chi connectivity index (χ1v) is 7.55. The van der Waals surface area contributed by atoms with Crippen LogP contribution in [0.2, 0.25) is 0 Å². The van der Waals surface area contributed by atoms with Gasteiger partial charge in [-0.1, -0.05) is 18.6 Å². The highest BCUT2D eigenvalue weighted by atomic mass is 16.4. The summed E-state index contributed by atoms with van der Waals surface area (Å²) in [5, 5.41) is 9.49. The maximum Gasteiger partial charge on any atom is 0.321 e. The number of carbonyl (C=O) groups excluding carboxylic acids is 1. The smallest absolute Gasteiger partial charge is 0.321 e. The molecule has 1 saturated carbocycles. The molecule has 1 saturated heterocycles. The van der Waals surface area contributed by atoms with Crippen LogP contribution < -0.4 is 0 Å². The molecule has 116 valence electrons. The lowest BCUT2D eigenvalue weighted by Crippen LogP contribution is -2.46. The predicted molar refractivity (Wildman–Crippen MR) is 80.8 cm³/mol. The summed E-state index contributed by atoms with van der Waals surface area (Å²) in [7, 11) is 0. The molecule has 1 heterocycles. The second-order valence-corrected chi connectivity index (χ2v) is 5.94. The van der Waals surface area contributed by atoms with Crippen LogP contribution in [0, 0.1) is 11.8 Å². The van der Waals surface area contributed by atoms with Gasteiger partial charge in [0, 0.05) is 19.6 Å². The molecule has 21 heavy (non-hydrogen) atoms. The summed E-state index contributed by atoms with van der Waals surface area (Å²) in [5.41, 5.74) is 0. The third kappa shape index (κ3) is 3.35. The molecular weight excluding hydrogens is 268 g/mol. The first-order chi connectivity index (χ1) is 10.1. The van der Waals surface area contributed by atoms with Gasteiger partial charge in [0.05, 0.1) is 6.54 Å². The molecule has 1 amide bonds. The quantitative estimate of drug-likeness (QED) is 0.720. The van der Waals surface area contributed by atoms with Crippen LogP contribution in [-0.2, 0) is 9.59 Å². The fraction of sp³-hybridized carbons (Fsp3) is 0.625. The molecular formula is C16H24N2O3. The van der Waals surface area contributed by atoms with E-state index < -0.39 is 12.0 Å². The van der Waals surface area contributed by atoms with Gasteiger partial charge in [0.2, 0.25) is 5.91 Å². The number of fused-ring (bicyclic) bond motifs is 1. The molecule has 1 aliphatic heterocycles. The van der Waals surface area contributed by atoms with Crippen molar-refractivity contribution in [1.29, 1.82) is 0 Å². The Labute approximate surface area is 125 Å². The Morgan fingerprint density at radius 2 is 1.90 bits per heavy atom. The van der Waals surface area contributed by atoms with Crippen molar-refractivity contribution in [2.24, 2.45) is 11.8 Å². The number of hydrogen-bond donors (Lipinski definition) is 1. The van der Waals surface area contributed by atoms with E-state index in [1.54, 1.807) is 17.1 Å². The average molecular weight is 292 g/mol. The number of carboxylic acid groups (broad SMARTS) is 1. The Hall–Kier alpha value is -1.62. The third-order valence-corrected chi connectivity index (χ3v) is 4.63. The third-order valence-electron chi connectivity index (χ3n) is 4.63. The number of hydrogen-bond acceptors (Lipinski definition) is 3. The van der Waals surface area contributed by atoms with Gasteiger partial charge in [0.1, 0.15) is 6.04 Å². The van der Waals surface area contributed by atoms with E-state index in [-0.39, 0.29) is 18.4 Å². The van der Waals surface area contributed by atoms with Crippen molar-refractivity contribution < 1.29 is 14.7 Å². The number of nitrogens with zero attached hydrogens (tertiary/aromatic N) is 2. The van der Waals surface area contributed by atoms with Crippen LogP contribution in [0.3, 0.4) is 0 Å². The largest absolute Gasteiger partial charge is 0.480 e. The maximum atomic E-state index is 12.4. The molecule has 3 unspecified atom stereocenters. The highest BCUT2D eigenvalue weighted by Crippen LogP contribution is 2.42. The molecule has 0 spiro atoms. The molecule has 0 aromatic rings. The zero-order chi connectivity index (χ0) is 15.4. The van der Waals surface area contributed by atoms with Gasteiger partial charge in [0.15, 0.2) is 0 Å². The van der Waals surface area contributed by atoms with Crippen LogP contribution in [0.4, 0.5) is 0 Å². The van der Waals surface area contributed by atoms with Crippen molar-refractivity contribution in [2.45, 2.75) is 25.3 Å². The van der Waals surface area contributed by atoms with Gasteiger partial charge in [-0.25, -0.2) is 0 Å². The van der Waals surface area contributed by atoms with Gasteiger partial charge in [-0.2, -0.15) is 0 Å². The van der Waals surface area contributed by atoms with Crippen LogP contribution in [0.25, 0.3) is 0 Å². The predicted octanol–water partition coefficient (Wildman–Crippen LogP) is 1.37. The zero-order valence-corrected chi connectivity index (χ0v) is 12.4. The number of carboxylic acids is 1. The van der Waals surface area contributed by atoms with Crippen molar-refractivity contribution in [3.63, 3.8) is 0 Å². The van der Waals surface area contributed by atoms with Gasteiger partial charge in [-0.05, 0) is 24.7 Å². The Balaban J connectivity index is 2.03. The van der Waals surface area contributed by atoms with E-state index in [2.05, 4.69) is 13.2 Å². The average Bonchev–Trinajstić information content (AvgIpc) is 2.97. The number of aliphatic carboxylic acids is 1. The lowest BCUT2D eigenvalue weighted by atomic mass is 9.94. The van der Waals surface area contributed by atoms with E-state index in [0.717, 1.165) is 25.8 Å². The highest BCUT2D eigenvalue weighted by Gasteiger charge is 2.48. The highest BCUT2D eigenvalue weighted by molar-refractivity contribution is 5.80. The van der Waals surface area contributed by atoms with Crippen molar-refractivity contribution in [1.82, 2.24) is 9.80 Å². The van der Waals surface area contributed by atoms with Crippen LogP contribution in [-0.4, -0.2) is 59.0 Å². The number of carbonyl (C=O) groups is 2. The summed E-state index contributed by atoms with van der Waals surface area (Å²) in [6.45, 7) is 9.12. The van der Waals surface area contributed by atoms with Crippen molar-refractivity contribution in [2.75, 3.05) is 26.2 Å². The summed E-state index contributed by atoms with van der Waals surface area (Å²) in [6, 6.07) is -0.504. The van der Waals surface area contributed by atoms with Gasteiger partial charge in [-0.15, -0.1) is 13.2 Å². The van der Waals surface area contributed by atoms with Gasteiger partial charge < -0.3 is 10.0 Å². The molecule has 2 fully saturated rings. The second-order valence-electron chi connectivity index (χ2n) is 5.94. The SMILES string of the molecule is C=CCN(CC=C)C(=O)CN1CC2CCCC2C1C(=O)O. The second kappa shape index (κ2) is 6.89. The van der Waals surface area contributed by atoms with Crippen molar-refractivity contribution >= 4 is 11.9 Å². The monoisotopic (exact) mass is 292 g/mol. The summed E-state index contributed by atoms with van der Waals surface area (Å²) in [4.78, 5) is 27.4. The summed E-state index contributed by atoms with van der Waals surface area (Å²) >= 11 is 0. The van der Waals surface area contributed by atoms with E-state index in [0.29, 0.717) is 19.0 Å². The normalized spacial score (nSPS) is 28.1. The molecule has 2 aliphatic rings. The van der Waals surface area contributed by atoms with E-state index in [9.17, 15) is 14.7 Å². The molecule has 0 aromatic carbocycles. The van der Waals surface area contributed by atoms with E-state index >= 15 is 0 Å². The van der Waals surface area contributed by atoms with Gasteiger partial charge in [0.25, 0.3) is 0 Å². The van der Waals surface area contributed by atoms with Crippen LogP contribution in [0.5, 0.6) is 0 Å². The number of rotatable bonds is 7. The van der Waals surface area contributed by atoms with E-state index in [4.69, 9.17) is 0 Å². The maximum absolute atomic E-state index is 12.4. The Bertz CT molecular complexity index is 425. The molecule has 2 rings (SSSR count). The molecule has 1 aliphatic carbocycles. The molecule has 0 radical (unpaired) electrons. The van der Waals surface area contributed by atoms with Crippen LogP contribution in [0.1, 0.15) is 19.3 Å². The van der Waals surface area contributed by atoms with Crippen molar-refractivity contribution in [3.05, 3.63) is 25.3 Å². The lowest BCUT2D eigenvalue weighted by Gasteiger charge is -2.27. The van der Waals surface area contributed by atoms with Gasteiger partial charge >= 0.3 is 5.97 Å². The molecule has 0 aromatic heterocycles. The minimum atomic E-state index is -0.795. The standard InChI is InChI=1S/C16H24N2O3/c1-3-8-17(9-4-2)14(19)11-18-10-12-6-5-7-13(12)15(18)16(20)21/h3-4,12-13,15H,1-2,5-11H2,(H,20,21). The first-order valence-electron chi connectivity index (χ1n) is 7.55. The zero-order valence-electron chi connectivity index (χ0n) is 12.4. The van der Waals surface area contributed by atoms with Crippen LogP contribution in [0.15, 0.2) is 25.3 Å². The van der Waals surface area contributed by atoms with E-state index in [1.807, 2.05) is 4.90 Å². The lowest BCUT2D eigenvalue weighted by molar-refractivity contribution is -0.144. The minimum Gasteiger partial charge on any atom is -0.480 e. The number of likely N-dealkylation sites (tertiary alicyclic amines) is 1. The molecule has 1 N–H and O–H groups in total. The molecule has 5 nitrogen and oxygen atoms in total. The van der Waals surface area contributed by atoms with E-state index in [1.165, 1.54) is 0 Å². The summed E-state index contributed by atoms with van der Waals surface area (Å²) in [5.74, 6) is -0.203. The summed E-state index contributed by atoms with van der Waals surface area (Å²) in [6.07, 6.45) is 6.51.